The van der Waals surface area contributed by atoms with E-state index in [1.807, 2.05) is 0 Å². The maximum absolute atomic E-state index is 4.69. The number of aryl methyl sites for hydroxylation is 1. The van der Waals surface area contributed by atoms with Gasteiger partial charge in [-0.15, -0.1) is 0 Å². The Labute approximate surface area is 110 Å². The van der Waals surface area contributed by atoms with Crippen LogP contribution < -0.4 is 0 Å². The fraction of sp³-hybridized carbons (Fsp3) is 0.800. The van der Waals surface area contributed by atoms with Crippen LogP contribution in [0.3, 0.4) is 0 Å². The molecule has 0 amide bonds. The van der Waals surface area contributed by atoms with Crippen LogP contribution in [0.25, 0.3) is 0 Å². The number of piperidine rings is 1. The van der Waals surface area contributed by atoms with Crippen LogP contribution >= 0.6 is 0 Å². The Morgan fingerprint density at radius 3 is 2.83 bits per heavy atom. The summed E-state index contributed by atoms with van der Waals surface area (Å²) in [5, 5.41) is 0. The van der Waals surface area contributed by atoms with Crippen molar-refractivity contribution in [2.45, 2.75) is 45.6 Å². The predicted molar refractivity (Wildman–Crippen MR) is 73.6 cm³/mol. The molecule has 0 aromatic carbocycles. The van der Waals surface area contributed by atoms with Crippen LogP contribution in [-0.4, -0.2) is 34.6 Å². The number of aromatic nitrogens is 2. The Hall–Kier alpha value is -0.830. The van der Waals surface area contributed by atoms with E-state index in [1.165, 1.54) is 63.3 Å². The zero-order chi connectivity index (χ0) is 12.5. The molecule has 0 bridgehead atoms. The van der Waals surface area contributed by atoms with Crippen molar-refractivity contribution < 1.29 is 0 Å². The lowest BCUT2D eigenvalue weighted by Crippen LogP contribution is -2.31. The molecule has 3 nitrogen and oxygen atoms in total. The van der Waals surface area contributed by atoms with Gasteiger partial charge in [-0.2, -0.15) is 0 Å². The molecule has 1 unspecified atom stereocenters. The second kappa shape index (κ2) is 5.04. The van der Waals surface area contributed by atoms with Crippen LogP contribution in [-0.2, 0) is 19.4 Å². The molecule has 1 aromatic rings. The van der Waals surface area contributed by atoms with E-state index in [2.05, 4.69) is 29.6 Å². The fourth-order valence-corrected chi connectivity index (χ4v) is 3.36. The smallest absolute Gasteiger partial charge is 0.109 e. The van der Waals surface area contributed by atoms with E-state index in [0.717, 1.165) is 11.8 Å². The summed E-state index contributed by atoms with van der Waals surface area (Å²) >= 11 is 0. The number of rotatable bonds is 2. The van der Waals surface area contributed by atoms with E-state index in [1.54, 1.807) is 0 Å². The molecule has 0 radical (unpaired) electrons. The molecule has 3 heteroatoms. The molecule has 3 heterocycles. The van der Waals surface area contributed by atoms with Crippen molar-refractivity contribution in [2.24, 2.45) is 11.8 Å². The average Bonchev–Trinajstić information content (AvgIpc) is 2.75. The Balaban J connectivity index is 1.68. The quantitative estimate of drug-likeness (QED) is 0.800. The number of fused-ring (bicyclic) bond motifs is 1. The van der Waals surface area contributed by atoms with Gasteiger partial charge < -0.3 is 9.47 Å². The Bertz CT molecular complexity index is 402. The van der Waals surface area contributed by atoms with Gasteiger partial charge in [0, 0.05) is 24.9 Å². The Kier molecular flexibility index (Phi) is 3.42. The van der Waals surface area contributed by atoms with Gasteiger partial charge in [-0.05, 0) is 57.7 Å². The minimum Gasteiger partial charge on any atom is -0.332 e. The summed E-state index contributed by atoms with van der Waals surface area (Å²) in [6.45, 7) is 6.07. The first kappa shape index (κ1) is 12.2. The topological polar surface area (TPSA) is 21.1 Å². The first-order valence-electron chi connectivity index (χ1n) is 7.44. The highest BCUT2D eigenvalue weighted by Gasteiger charge is 2.22. The number of hydrogen-bond donors (Lipinski definition) is 0. The maximum Gasteiger partial charge on any atom is 0.109 e. The number of likely N-dealkylation sites (tertiary alicyclic amines) is 1. The number of imidazole rings is 1. The molecule has 0 spiro atoms. The monoisotopic (exact) mass is 247 g/mol. The van der Waals surface area contributed by atoms with Crippen molar-refractivity contribution in [1.29, 1.82) is 0 Å². The van der Waals surface area contributed by atoms with E-state index >= 15 is 0 Å². The molecule has 1 fully saturated rings. The van der Waals surface area contributed by atoms with Crippen molar-refractivity contribution in [2.75, 3.05) is 20.1 Å². The molecule has 2 aliphatic rings. The highest BCUT2D eigenvalue weighted by Crippen LogP contribution is 2.25. The van der Waals surface area contributed by atoms with Crippen LogP contribution in [0.1, 0.15) is 37.7 Å². The van der Waals surface area contributed by atoms with Crippen LogP contribution in [0.4, 0.5) is 0 Å². The first-order chi connectivity index (χ1) is 8.72. The second-order valence-electron chi connectivity index (χ2n) is 6.37. The lowest BCUT2D eigenvalue weighted by Gasteiger charge is -2.29. The van der Waals surface area contributed by atoms with Crippen molar-refractivity contribution in [3.8, 4) is 0 Å². The summed E-state index contributed by atoms with van der Waals surface area (Å²) in [5.41, 5.74) is 1.47. The zero-order valence-electron chi connectivity index (χ0n) is 11.7. The fourth-order valence-electron chi connectivity index (χ4n) is 3.36. The zero-order valence-corrected chi connectivity index (χ0v) is 11.7. The molecule has 0 aliphatic carbocycles. The molecule has 2 aliphatic heterocycles. The molecule has 100 valence electrons. The lowest BCUT2D eigenvalue weighted by atomic mass is 9.93. The Morgan fingerprint density at radius 2 is 2.06 bits per heavy atom. The highest BCUT2D eigenvalue weighted by molar-refractivity contribution is 5.09. The van der Waals surface area contributed by atoms with Gasteiger partial charge in [0.15, 0.2) is 0 Å². The maximum atomic E-state index is 4.69. The van der Waals surface area contributed by atoms with Gasteiger partial charge >= 0.3 is 0 Å². The Morgan fingerprint density at radius 1 is 1.28 bits per heavy atom. The lowest BCUT2D eigenvalue weighted by molar-refractivity contribution is 0.215. The van der Waals surface area contributed by atoms with Gasteiger partial charge in [0.05, 0.1) is 0 Å². The van der Waals surface area contributed by atoms with Crippen molar-refractivity contribution >= 4 is 0 Å². The van der Waals surface area contributed by atoms with E-state index in [9.17, 15) is 0 Å². The van der Waals surface area contributed by atoms with E-state index < -0.39 is 0 Å². The van der Waals surface area contributed by atoms with Crippen LogP contribution in [0, 0.1) is 11.8 Å². The third kappa shape index (κ3) is 2.46. The summed E-state index contributed by atoms with van der Waals surface area (Å²) in [6, 6.07) is 0. The van der Waals surface area contributed by atoms with E-state index in [4.69, 9.17) is 4.98 Å². The van der Waals surface area contributed by atoms with Crippen LogP contribution in [0.2, 0.25) is 0 Å². The molecular weight excluding hydrogens is 222 g/mol. The minimum absolute atomic E-state index is 0.822. The largest absolute Gasteiger partial charge is 0.332 e. The van der Waals surface area contributed by atoms with Gasteiger partial charge in [0.25, 0.3) is 0 Å². The van der Waals surface area contributed by atoms with E-state index in [0.29, 0.717) is 0 Å². The third-order valence-electron chi connectivity index (χ3n) is 4.72. The molecule has 0 N–H and O–H groups in total. The van der Waals surface area contributed by atoms with Crippen molar-refractivity contribution in [3.05, 3.63) is 17.7 Å². The SMILES string of the molecule is CC1CCc2cnc(CC3CCN(C)CC3)n2C1. The van der Waals surface area contributed by atoms with Gasteiger partial charge in [-0.1, -0.05) is 6.92 Å². The van der Waals surface area contributed by atoms with Crippen molar-refractivity contribution in [1.82, 2.24) is 14.5 Å². The minimum atomic E-state index is 0.822. The number of hydrogen-bond acceptors (Lipinski definition) is 2. The second-order valence-corrected chi connectivity index (χ2v) is 6.37. The van der Waals surface area contributed by atoms with E-state index in [-0.39, 0.29) is 0 Å². The average molecular weight is 247 g/mol. The number of nitrogens with zero attached hydrogens (tertiary/aromatic N) is 3. The predicted octanol–water partition coefficient (Wildman–Crippen LogP) is 2.35. The summed E-state index contributed by atoms with van der Waals surface area (Å²) < 4.78 is 2.51. The molecule has 18 heavy (non-hydrogen) atoms. The molecule has 1 aromatic heterocycles. The first-order valence-corrected chi connectivity index (χ1v) is 7.44. The standard InChI is InChI=1S/C15H25N3/c1-12-3-4-14-10-16-15(18(14)11-12)9-13-5-7-17(2)8-6-13/h10,12-13H,3-9,11H2,1-2H3. The highest BCUT2D eigenvalue weighted by atomic mass is 15.1. The summed E-state index contributed by atoms with van der Waals surface area (Å²) in [7, 11) is 2.23. The normalized spacial score (nSPS) is 26.2. The molecule has 1 atom stereocenters. The third-order valence-corrected chi connectivity index (χ3v) is 4.72. The summed E-state index contributed by atoms with van der Waals surface area (Å²) in [4.78, 5) is 7.14. The van der Waals surface area contributed by atoms with Gasteiger partial charge in [-0.3, -0.25) is 0 Å². The summed E-state index contributed by atoms with van der Waals surface area (Å²) in [5.74, 6) is 3.03. The van der Waals surface area contributed by atoms with Gasteiger partial charge in [-0.25, -0.2) is 4.98 Å². The molecule has 1 saturated heterocycles. The van der Waals surface area contributed by atoms with Crippen LogP contribution in [0.5, 0.6) is 0 Å². The van der Waals surface area contributed by atoms with Crippen LogP contribution in [0.15, 0.2) is 6.20 Å². The summed E-state index contributed by atoms with van der Waals surface area (Å²) in [6.07, 6.45) is 8.56. The molecule has 0 saturated carbocycles. The molecule has 3 rings (SSSR count). The van der Waals surface area contributed by atoms with Crippen molar-refractivity contribution in [3.63, 3.8) is 0 Å². The molecular formula is C15H25N3. The van der Waals surface area contributed by atoms with Gasteiger partial charge in [0.2, 0.25) is 0 Å². The van der Waals surface area contributed by atoms with Gasteiger partial charge in [0.1, 0.15) is 5.82 Å².